The number of hydrogen-bond donors (Lipinski definition) is 3. The summed E-state index contributed by atoms with van der Waals surface area (Å²) in [6, 6.07) is 2.03. The SMILES string of the molecule is CC(CO)(NC(=O)NCCN1CCc2sccc2C1)C1CC1. The molecule has 2 aliphatic rings. The Morgan fingerprint density at radius 2 is 2.36 bits per heavy atom. The van der Waals surface area contributed by atoms with Crippen molar-refractivity contribution < 1.29 is 9.90 Å². The maximum absolute atomic E-state index is 12.0. The van der Waals surface area contributed by atoms with E-state index in [-0.39, 0.29) is 12.6 Å². The van der Waals surface area contributed by atoms with E-state index in [1.54, 1.807) is 0 Å². The van der Waals surface area contributed by atoms with E-state index in [4.69, 9.17) is 0 Å². The van der Waals surface area contributed by atoms with Gasteiger partial charge in [-0.3, -0.25) is 4.90 Å². The van der Waals surface area contributed by atoms with Crippen LogP contribution >= 0.6 is 11.3 Å². The van der Waals surface area contributed by atoms with Crippen LogP contribution in [0.1, 0.15) is 30.2 Å². The molecule has 1 unspecified atom stereocenters. The van der Waals surface area contributed by atoms with Crippen molar-refractivity contribution in [3.63, 3.8) is 0 Å². The minimum atomic E-state index is -0.471. The van der Waals surface area contributed by atoms with Gasteiger partial charge in [-0.1, -0.05) is 0 Å². The smallest absolute Gasteiger partial charge is 0.315 e. The molecule has 3 N–H and O–H groups in total. The van der Waals surface area contributed by atoms with E-state index < -0.39 is 5.54 Å². The van der Waals surface area contributed by atoms with Gasteiger partial charge in [-0.25, -0.2) is 4.79 Å². The summed E-state index contributed by atoms with van der Waals surface area (Å²) in [5.41, 5.74) is 0.961. The summed E-state index contributed by atoms with van der Waals surface area (Å²) in [6.45, 7) is 5.47. The lowest BCUT2D eigenvalue weighted by molar-refractivity contribution is 0.154. The van der Waals surface area contributed by atoms with Crippen molar-refractivity contribution in [3.8, 4) is 0 Å². The number of carbonyl (C=O) groups is 1. The number of aliphatic hydroxyl groups is 1. The van der Waals surface area contributed by atoms with Crippen LogP contribution in [0.2, 0.25) is 0 Å². The molecule has 3 rings (SSSR count). The fourth-order valence-corrected chi connectivity index (χ4v) is 4.01. The molecule has 1 aliphatic carbocycles. The molecule has 22 heavy (non-hydrogen) atoms. The van der Waals surface area contributed by atoms with E-state index in [1.165, 1.54) is 10.4 Å². The molecule has 0 radical (unpaired) electrons. The Bertz CT molecular complexity index is 529. The molecule has 0 aromatic carbocycles. The highest BCUT2D eigenvalue weighted by atomic mass is 32.1. The quantitative estimate of drug-likeness (QED) is 0.744. The zero-order chi connectivity index (χ0) is 15.6. The van der Waals surface area contributed by atoms with Crippen molar-refractivity contribution in [2.75, 3.05) is 26.2 Å². The van der Waals surface area contributed by atoms with Crippen LogP contribution in [0.3, 0.4) is 0 Å². The Labute approximate surface area is 135 Å². The van der Waals surface area contributed by atoms with E-state index in [2.05, 4.69) is 27.0 Å². The maximum atomic E-state index is 12.0. The third-order valence-corrected chi connectivity index (χ3v) is 5.83. The molecule has 6 heteroatoms. The predicted octanol–water partition coefficient (Wildman–Crippen LogP) is 1.57. The lowest BCUT2D eigenvalue weighted by Gasteiger charge is -2.30. The standard InChI is InChI=1S/C16H25N3O2S/c1-16(11-20,13-2-3-13)18-15(21)17-6-8-19-7-4-14-12(10-19)5-9-22-14/h5,9,13,20H,2-4,6-8,10-11H2,1H3,(H2,17,18,21). The molecule has 1 aromatic rings. The number of thiophene rings is 1. The largest absolute Gasteiger partial charge is 0.394 e. The van der Waals surface area contributed by atoms with Crippen LogP contribution in [-0.2, 0) is 13.0 Å². The number of amides is 2. The van der Waals surface area contributed by atoms with E-state index >= 15 is 0 Å². The molecular weight excluding hydrogens is 298 g/mol. The van der Waals surface area contributed by atoms with Crippen LogP contribution in [0.5, 0.6) is 0 Å². The van der Waals surface area contributed by atoms with Gasteiger partial charge in [0.25, 0.3) is 0 Å². The molecule has 1 saturated carbocycles. The van der Waals surface area contributed by atoms with Gasteiger partial charge in [0.15, 0.2) is 0 Å². The molecule has 122 valence electrons. The van der Waals surface area contributed by atoms with Crippen molar-refractivity contribution in [3.05, 3.63) is 21.9 Å². The van der Waals surface area contributed by atoms with Crippen molar-refractivity contribution in [2.45, 2.75) is 38.3 Å². The zero-order valence-corrected chi connectivity index (χ0v) is 13.9. The van der Waals surface area contributed by atoms with Crippen LogP contribution in [0.4, 0.5) is 4.79 Å². The minimum absolute atomic E-state index is 0.00184. The predicted molar refractivity (Wildman–Crippen MR) is 88.0 cm³/mol. The molecule has 2 amide bonds. The van der Waals surface area contributed by atoms with E-state index in [1.807, 2.05) is 18.3 Å². The summed E-state index contributed by atoms with van der Waals surface area (Å²) in [5, 5.41) is 17.5. The monoisotopic (exact) mass is 323 g/mol. The second kappa shape index (κ2) is 6.56. The molecule has 1 atom stereocenters. The van der Waals surface area contributed by atoms with Crippen molar-refractivity contribution >= 4 is 17.4 Å². The summed E-state index contributed by atoms with van der Waals surface area (Å²) in [4.78, 5) is 15.9. The highest BCUT2D eigenvalue weighted by Crippen LogP contribution is 2.39. The topological polar surface area (TPSA) is 64.6 Å². The van der Waals surface area contributed by atoms with Crippen molar-refractivity contribution in [2.24, 2.45) is 5.92 Å². The average molecular weight is 323 g/mol. The van der Waals surface area contributed by atoms with Gasteiger partial charge in [0.2, 0.25) is 0 Å². The Morgan fingerprint density at radius 3 is 3.09 bits per heavy atom. The second-order valence-electron chi connectivity index (χ2n) is 6.63. The number of nitrogens with zero attached hydrogens (tertiary/aromatic N) is 1. The van der Waals surface area contributed by atoms with Gasteiger partial charge in [-0.2, -0.15) is 0 Å². The van der Waals surface area contributed by atoms with Crippen LogP contribution in [0.15, 0.2) is 11.4 Å². The number of fused-ring (bicyclic) bond motifs is 1. The number of urea groups is 1. The molecule has 0 saturated heterocycles. The van der Waals surface area contributed by atoms with E-state index in [0.717, 1.165) is 38.9 Å². The van der Waals surface area contributed by atoms with Crippen LogP contribution in [0.25, 0.3) is 0 Å². The summed E-state index contributed by atoms with van der Waals surface area (Å²) < 4.78 is 0. The zero-order valence-electron chi connectivity index (χ0n) is 13.1. The van der Waals surface area contributed by atoms with Crippen molar-refractivity contribution in [1.82, 2.24) is 15.5 Å². The number of rotatable bonds is 6. The molecule has 0 bridgehead atoms. The van der Waals surface area contributed by atoms with E-state index in [0.29, 0.717) is 12.5 Å². The number of aliphatic hydroxyl groups excluding tert-OH is 1. The fourth-order valence-electron chi connectivity index (χ4n) is 3.12. The molecular formula is C16H25N3O2S. The summed E-state index contributed by atoms with van der Waals surface area (Å²) in [7, 11) is 0. The van der Waals surface area contributed by atoms with Crippen molar-refractivity contribution in [1.29, 1.82) is 0 Å². The Hall–Kier alpha value is -1.11. The van der Waals surface area contributed by atoms with Gasteiger partial charge in [0.1, 0.15) is 0 Å². The average Bonchev–Trinajstić information content (AvgIpc) is 3.26. The second-order valence-corrected chi connectivity index (χ2v) is 7.63. The highest BCUT2D eigenvalue weighted by Gasteiger charge is 2.42. The molecule has 1 aliphatic heterocycles. The number of carbonyl (C=O) groups excluding carboxylic acids is 1. The van der Waals surface area contributed by atoms with Gasteiger partial charge in [0, 0.05) is 31.1 Å². The lowest BCUT2D eigenvalue weighted by atomic mass is 9.97. The van der Waals surface area contributed by atoms with Gasteiger partial charge in [0.05, 0.1) is 12.1 Å². The number of nitrogens with one attached hydrogen (secondary N) is 2. The minimum Gasteiger partial charge on any atom is -0.394 e. The summed E-state index contributed by atoms with van der Waals surface area (Å²) in [5.74, 6) is 0.419. The van der Waals surface area contributed by atoms with Crippen LogP contribution in [-0.4, -0.2) is 47.8 Å². The molecule has 2 heterocycles. The first kappa shape index (κ1) is 15.8. The van der Waals surface area contributed by atoms with Gasteiger partial charge in [-0.15, -0.1) is 11.3 Å². The number of hydrogen-bond acceptors (Lipinski definition) is 4. The lowest BCUT2D eigenvalue weighted by Crippen LogP contribution is -2.54. The van der Waals surface area contributed by atoms with Crippen LogP contribution < -0.4 is 10.6 Å². The van der Waals surface area contributed by atoms with Crippen LogP contribution in [0, 0.1) is 5.92 Å². The molecule has 1 fully saturated rings. The Balaban J connectivity index is 1.39. The first-order valence-electron chi connectivity index (χ1n) is 8.05. The highest BCUT2D eigenvalue weighted by molar-refractivity contribution is 7.10. The molecule has 1 aromatic heterocycles. The maximum Gasteiger partial charge on any atom is 0.315 e. The third-order valence-electron chi connectivity index (χ3n) is 4.81. The van der Waals surface area contributed by atoms with Gasteiger partial charge >= 0.3 is 6.03 Å². The first-order chi connectivity index (χ1) is 10.6. The molecule has 0 spiro atoms. The summed E-state index contributed by atoms with van der Waals surface area (Å²) in [6.07, 6.45) is 3.30. The third kappa shape index (κ3) is 3.62. The Kier molecular flexibility index (Phi) is 4.70. The van der Waals surface area contributed by atoms with Gasteiger partial charge < -0.3 is 15.7 Å². The molecule has 5 nitrogen and oxygen atoms in total. The Morgan fingerprint density at radius 1 is 1.55 bits per heavy atom. The first-order valence-corrected chi connectivity index (χ1v) is 8.93. The van der Waals surface area contributed by atoms with Gasteiger partial charge in [-0.05, 0) is 49.1 Å². The normalized spacial score (nSPS) is 21.0. The summed E-state index contributed by atoms with van der Waals surface area (Å²) >= 11 is 1.84. The van der Waals surface area contributed by atoms with E-state index in [9.17, 15) is 9.90 Å². The fraction of sp³-hybridized carbons (Fsp3) is 0.688.